The lowest BCUT2D eigenvalue weighted by molar-refractivity contribution is 0.252. The third-order valence-corrected chi connectivity index (χ3v) is 3.31. The molecule has 0 bridgehead atoms. The van der Waals surface area contributed by atoms with Gasteiger partial charge in [-0.05, 0) is 33.2 Å². The maximum atomic E-state index is 14.1. The molecule has 0 aliphatic heterocycles. The number of nitrogens with one attached hydrogen (secondary N) is 1. The molecule has 2 rings (SSSR count). The number of likely N-dealkylation sites (N-methyl/N-ethyl adjacent to an activating group) is 1. The molecule has 0 radical (unpaired) electrons. The Hall–Kier alpha value is -2.12. The minimum absolute atomic E-state index is 0.228. The number of halogens is 1. The topological polar surface area (TPSA) is 50.3 Å². The van der Waals surface area contributed by atoms with Gasteiger partial charge >= 0.3 is 0 Å². The second-order valence-electron chi connectivity index (χ2n) is 5.26. The van der Waals surface area contributed by atoms with Crippen LogP contribution in [-0.4, -0.2) is 47.5 Å². The van der Waals surface area contributed by atoms with Gasteiger partial charge in [0, 0.05) is 35.4 Å². The maximum absolute atomic E-state index is 14.1. The molecule has 0 unspecified atom stereocenters. The fraction of sp³-hybridized carbons (Fsp3) is 0.312. The zero-order chi connectivity index (χ0) is 16.8. The molecule has 0 amide bonds. The Labute approximate surface area is 140 Å². The first-order valence-electron chi connectivity index (χ1n) is 7.12. The summed E-state index contributed by atoms with van der Waals surface area (Å²) in [4.78, 5) is 10.3. The molecular weight excluding hydrogens is 315 g/mol. The summed E-state index contributed by atoms with van der Waals surface area (Å²) in [5.41, 5.74) is 1.25. The van der Waals surface area contributed by atoms with Crippen LogP contribution >= 0.6 is 12.2 Å². The third-order valence-electron chi connectivity index (χ3n) is 3.06. The predicted octanol–water partition coefficient (Wildman–Crippen LogP) is 2.96. The standard InChI is InChI=1S/C16H19FN4OS/c1-11-18-9-12(10-23)16(19-11)20-13-4-5-15(14(17)8-13)22-7-6-21(2)3/h4-5,8-10H,6-7H2,1-3H3,(H,18,19,20). The monoisotopic (exact) mass is 334 g/mol. The molecule has 0 aliphatic rings. The van der Waals surface area contributed by atoms with Crippen molar-refractivity contribution in [2.75, 3.05) is 32.6 Å². The number of aromatic nitrogens is 2. The average molecular weight is 334 g/mol. The van der Waals surface area contributed by atoms with E-state index < -0.39 is 5.82 Å². The smallest absolute Gasteiger partial charge is 0.167 e. The van der Waals surface area contributed by atoms with E-state index in [1.54, 1.807) is 25.3 Å². The molecule has 1 heterocycles. The zero-order valence-electron chi connectivity index (χ0n) is 13.3. The number of aryl methyl sites for hydroxylation is 1. The van der Waals surface area contributed by atoms with Gasteiger partial charge in [-0.1, -0.05) is 12.2 Å². The largest absolute Gasteiger partial charge is 0.489 e. The zero-order valence-corrected chi connectivity index (χ0v) is 14.2. The molecule has 1 N–H and O–H groups in total. The molecule has 0 atom stereocenters. The number of anilines is 2. The molecule has 5 nitrogen and oxygen atoms in total. The lowest BCUT2D eigenvalue weighted by Crippen LogP contribution is -2.19. The number of thiocarbonyl (C=S) groups is 1. The second kappa shape index (κ2) is 7.94. The Morgan fingerprint density at radius 1 is 1.39 bits per heavy atom. The van der Waals surface area contributed by atoms with E-state index in [1.165, 1.54) is 11.4 Å². The Morgan fingerprint density at radius 2 is 2.17 bits per heavy atom. The average Bonchev–Trinajstić information content (AvgIpc) is 2.49. The van der Waals surface area contributed by atoms with E-state index in [2.05, 4.69) is 15.3 Å². The SMILES string of the molecule is Cc1ncc(C=S)c(Nc2ccc(OCCN(C)C)c(F)c2)n1. The van der Waals surface area contributed by atoms with E-state index in [1.807, 2.05) is 19.0 Å². The van der Waals surface area contributed by atoms with E-state index >= 15 is 0 Å². The normalized spacial score (nSPS) is 10.7. The van der Waals surface area contributed by atoms with Gasteiger partial charge in [0.2, 0.25) is 0 Å². The molecular formula is C16H19FN4OS. The first-order chi connectivity index (χ1) is 11.0. The van der Waals surface area contributed by atoms with Crippen LogP contribution in [0, 0.1) is 12.7 Å². The molecule has 2 aromatic rings. The third kappa shape index (κ3) is 4.94. The molecule has 0 aliphatic carbocycles. The molecule has 1 aromatic carbocycles. The molecule has 23 heavy (non-hydrogen) atoms. The Balaban J connectivity index is 2.11. The Kier molecular flexibility index (Phi) is 5.95. The van der Waals surface area contributed by atoms with Crippen molar-refractivity contribution in [1.29, 1.82) is 0 Å². The van der Waals surface area contributed by atoms with Crippen molar-refractivity contribution < 1.29 is 9.13 Å². The van der Waals surface area contributed by atoms with Crippen molar-refractivity contribution >= 4 is 29.1 Å². The number of rotatable bonds is 7. The van der Waals surface area contributed by atoms with Gasteiger partial charge < -0.3 is 15.0 Å². The summed E-state index contributed by atoms with van der Waals surface area (Å²) in [5.74, 6) is 0.958. The highest BCUT2D eigenvalue weighted by Crippen LogP contribution is 2.24. The van der Waals surface area contributed by atoms with Crippen molar-refractivity contribution in [3.63, 3.8) is 0 Å². The highest BCUT2D eigenvalue weighted by molar-refractivity contribution is 7.79. The van der Waals surface area contributed by atoms with Gasteiger partial charge in [0.15, 0.2) is 11.6 Å². The molecule has 0 saturated heterocycles. The number of nitrogens with zero attached hydrogens (tertiary/aromatic N) is 3. The van der Waals surface area contributed by atoms with Crippen LogP contribution in [0.1, 0.15) is 11.4 Å². The Morgan fingerprint density at radius 3 is 2.83 bits per heavy atom. The molecule has 0 fully saturated rings. The molecule has 122 valence electrons. The quantitative estimate of drug-likeness (QED) is 0.786. The first-order valence-corrected chi connectivity index (χ1v) is 7.59. The number of hydrogen-bond donors (Lipinski definition) is 1. The van der Waals surface area contributed by atoms with Crippen molar-refractivity contribution in [3.8, 4) is 5.75 Å². The Bertz CT molecular complexity index is 694. The van der Waals surface area contributed by atoms with Crippen LogP contribution < -0.4 is 10.1 Å². The van der Waals surface area contributed by atoms with Gasteiger partial charge in [-0.3, -0.25) is 0 Å². The van der Waals surface area contributed by atoms with Crippen LogP contribution in [0.2, 0.25) is 0 Å². The van der Waals surface area contributed by atoms with Crippen LogP contribution in [-0.2, 0) is 0 Å². The minimum atomic E-state index is -0.427. The summed E-state index contributed by atoms with van der Waals surface area (Å²) in [6.45, 7) is 2.93. The van der Waals surface area contributed by atoms with Gasteiger partial charge in [-0.2, -0.15) is 0 Å². The number of ether oxygens (including phenoxy) is 1. The molecule has 0 spiro atoms. The maximum Gasteiger partial charge on any atom is 0.167 e. The van der Waals surface area contributed by atoms with E-state index in [0.717, 1.165) is 6.54 Å². The lowest BCUT2D eigenvalue weighted by atomic mass is 10.2. The van der Waals surface area contributed by atoms with E-state index in [0.29, 0.717) is 29.5 Å². The summed E-state index contributed by atoms with van der Waals surface area (Å²) >= 11 is 4.94. The number of benzene rings is 1. The summed E-state index contributed by atoms with van der Waals surface area (Å²) in [7, 11) is 3.87. The van der Waals surface area contributed by atoms with Crippen LogP contribution in [0.3, 0.4) is 0 Å². The highest BCUT2D eigenvalue weighted by atomic mass is 32.1. The van der Waals surface area contributed by atoms with E-state index in [9.17, 15) is 4.39 Å². The van der Waals surface area contributed by atoms with Gasteiger partial charge in [0.1, 0.15) is 18.2 Å². The van der Waals surface area contributed by atoms with Crippen LogP contribution in [0.15, 0.2) is 24.4 Å². The van der Waals surface area contributed by atoms with E-state index in [-0.39, 0.29) is 5.75 Å². The lowest BCUT2D eigenvalue weighted by Gasteiger charge is -2.13. The molecule has 7 heteroatoms. The molecule has 1 aromatic heterocycles. The van der Waals surface area contributed by atoms with Crippen LogP contribution in [0.4, 0.5) is 15.9 Å². The number of hydrogen-bond acceptors (Lipinski definition) is 6. The first kappa shape index (κ1) is 17.2. The van der Waals surface area contributed by atoms with Crippen molar-refractivity contribution in [1.82, 2.24) is 14.9 Å². The van der Waals surface area contributed by atoms with Crippen LogP contribution in [0.5, 0.6) is 5.75 Å². The highest BCUT2D eigenvalue weighted by Gasteiger charge is 2.08. The summed E-state index contributed by atoms with van der Waals surface area (Å²) in [6, 6.07) is 4.70. The minimum Gasteiger partial charge on any atom is -0.489 e. The summed E-state index contributed by atoms with van der Waals surface area (Å²) in [6.07, 6.45) is 1.63. The van der Waals surface area contributed by atoms with Gasteiger partial charge in [-0.25, -0.2) is 14.4 Å². The van der Waals surface area contributed by atoms with Crippen molar-refractivity contribution in [2.45, 2.75) is 6.92 Å². The van der Waals surface area contributed by atoms with Crippen molar-refractivity contribution in [3.05, 3.63) is 41.6 Å². The summed E-state index contributed by atoms with van der Waals surface area (Å²) in [5, 5.41) is 4.54. The van der Waals surface area contributed by atoms with Crippen molar-refractivity contribution in [2.24, 2.45) is 0 Å². The van der Waals surface area contributed by atoms with Gasteiger partial charge in [-0.15, -0.1) is 0 Å². The van der Waals surface area contributed by atoms with Crippen LogP contribution in [0.25, 0.3) is 0 Å². The summed E-state index contributed by atoms with van der Waals surface area (Å²) < 4.78 is 19.5. The van der Waals surface area contributed by atoms with E-state index in [4.69, 9.17) is 17.0 Å². The van der Waals surface area contributed by atoms with Gasteiger partial charge in [0.05, 0.1) is 0 Å². The van der Waals surface area contributed by atoms with Gasteiger partial charge in [0.25, 0.3) is 0 Å². The molecule has 0 saturated carbocycles. The fourth-order valence-corrected chi connectivity index (χ4v) is 2.01. The predicted molar refractivity (Wildman–Crippen MR) is 93.3 cm³/mol. The fourth-order valence-electron chi connectivity index (χ4n) is 1.84. The second-order valence-corrected chi connectivity index (χ2v) is 5.50.